The molecule has 0 spiro atoms. The molecule has 7 nitrogen and oxygen atoms in total. The number of anilines is 1. The molecular weight excluding hydrogens is 424 g/mol. The Kier molecular flexibility index (Phi) is 8.16. The van der Waals surface area contributed by atoms with Crippen LogP contribution in [0.25, 0.3) is 0 Å². The maximum Gasteiger partial charge on any atom is 0.234 e. The van der Waals surface area contributed by atoms with Gasteiger partial charge in [-0.05, 0) is 75.6 Å². The summed E-state index contributed by atoms with van der Waals surface area (Å²) in [5, 5.41) is 12.2. The van der Waals surface area contributed by atoms with Crippen LogP contribution in [0, 0.1) is 20.8 Å². The van der Waals surface area contributed by atoms with Gasteiger partial charge in [0.15, 0.2) is 22.5 Å². The Bertz CT molecular complexity index is 1080. The lowest BCUT2D eigenvalue weighted by atomic mass is 10.1. The zero-order valence-corrected chi connectivity index (χ0v) is 20.1. The van der Waals surface area contributed by atoms with Crippen LogP contribution in [0.5, 0.6) is 11.5 Å². The fourth-order valence-electron chi connectivity index (χ4n) is 3.14. The zero-order valence-electron chi connectivity index (χ0n) is 19.3. The number of hydrogen-bond acceptors (Lipinski definition) is 6. The van der Waals surface area contributed by atoms with E-state index in [1.54, 1.807) is 0 Å². The number of thioether (sulfide) groups is 1. The van der Waals surface area contributed by atoms with E-state index in [0.29, 0.717) is 35.6 Å². The summed E-state index contributed by atoms with van der Waals surface area (Å²) in [5.41, 5.74) is 4.25. The summed E-state index contributed by atoms with van der Waals surface area (Å²) in [4.78, 5) is 12.4. The number of nitrogens with one attached hydrogen (secondary N) is 1. The van der Waals surface area contributed by atoms with Crippen molar-refractivity contribution < 1.29 is 14.3 Å². The summed E-state index contributed by atoms with van der Waals surface area (Å²) in [6.45, 7) is 11.6. The average Bonchev–Trinajstić information content (AvgIpc) is 3.16. The highest BCUT2D eigenvalue weighted by Crippen LogP contribution is 2.29. The lowest BCUT2D eigenvalue weighted by Crippen LogP contribution is -2.15. The lowest BCUT2D eigenvalue weighted by molar-refractivity contribution is -0.113. The summed E-state index contributed by atoms with van der Waals surface area (Å²) < 4.78 is 13.6. The smallest absolute Gasteiger partial charge is 0.234 e. The number of hydrogen-bond donors (Lipinski definition) is 1. The van der Waals surface area contributed by atoms with Crippen LogP contribution >= 0.6 is 11.8 Å². The van der Waals surface area contributed by atoms with E-state index in [0.717, 1.165) is 16.8 Å². The molecule has 1 aromatic heterocycles. The summed E-state index contributed by atoms with van der Waals surface area (Å²) in [5.74, 6) is 2.26. The molecule has 1 N–H and O–H groups in total. The van der Waals surface area contributed by atoms with Crippen molar-refractivity contribution in [1.82, 2.24) is 14.8 Å². The first-order valence-corrected chi connectivity index (χ1v) is 11.7. The van der Waals surface area contributed by atoms with Gasteiger partial charge < -0.3 is 19.4 Å². The van der Waals surface area contributed by atoms with Crippen molar-refractivity contribution in [2.75, 3.05) is 17.7 Å². The van der Waals surface area contributed by atoms with Crippen LogP contribution in [-0.2, 0) is 17.9 Å². The van der Waals surface area contributed by atoms with E-state index in [4.69, 9.17) is 9.47 Å². The molecule has 32 heavy (non-hydrogen) atoms. The van der Waals surface area contributed by atoms with Crippen molar-refractivity contribution in [1.29, 1.82) is 0 Å². The van der Waals surface area contributed by atoms with E-state index in [2.05, 4.69) is 15.5 Å². The van der Waals surface area contributed by atoms with E-state index in [1.165, 1.54) is 17.3 Å². The molecule has 2 aromatic carbocycles. The maximum absolute atomic E-state index is 12.4. The monoisotopic (exact) mass is 454 g/mol. The Hall–Kier alpha value is -3.00. The van der Waals surface area contributed by atoms with Gasteiger partial charge in [-0.15, -0.1) is 10.2 Å². The second-order valence-electron chi connectivity index (χ2n) is 7.45. The van der Waals surface area contributed by atoms with Gasteiger partial charge in [0.1, 0.15) is 6.61 Å². The van der Waals surface area contributed by atoms with Gasteiger partial charge in [0.25, 0.3) is 0 Å². The molecule has 170 valence electrons. The molecule has 0 aliphatic carbocycles. The lowest BCUT2D eigenvalue weighted by Gasteiger charge is -2.13. The van der Waals surface area contributed by atoms with Gasteiger partial charge in [-0.1, -0.05) is 23.9 Å². The Morgan fingerprint density at radius 3 is 2.53 bits per heavy atom. The predicted octanol–water partition coefficient (Wildman–Crippen LogP) is 4.93. The Morgan fingerprint density at radius 2 is 1.81 bits per heavy atom. The molecule has 0 aliphatic heterocycles. The van der Waals surface area contributed by atoms with Crippen molar-refractivity contribution >= 4 is 23.4 Å². The molecule has 1 amide bonds. The maximum atomic E-state index is 12.4. The summed E-state index contributed by atoms with van der Waals surface area (Å²) in [6.07, 6.45) is 0. The largest absolute Gasteiger partial charge is 0.490 e. The van der Waals surface area contributed by atoms with Gasteiger partial charge in [0.05, 0.1) is 12.4 Å². The Morgan fingerprint density at radius 1 is 1.00 bits per heavy atom. The molecule has 0 saturated carbocycles. The molecule has 0 unspecified atom stereocenters. The number of ether oxygens (including phenoxy) is 2. The summed E-state index contributed by atoms with van der Waals surface area (Å²) >= 11 is 1.36. The topological polar surface area (TPSA) is 78.3 Å². The minimum absolute atomic E-state index is 0.0808. The first-order valence-electron chi connectivity index (χ1n) is 10.7. The van der Waals surface area contributed by atoms with E-state index in [-0.39, 0.29) is 18.3 Å². The first-order chi connectivity index (χ1) is 15.4. The average molecular weight is 455 g/mol. The SMILES string of the molecule is CCOc1cc(C)ccc1OCc1nnc(SCC(=O)Nc2ccc(C)c(C)c2)n1CC. The molecular formula is C24H30N4O3S. The van der Waals surface area contributed by atoms with E-state index < -0.39 is 0 Å². The Balaban J connectivity index is 1.61. The molecule has 1 heterocycles. The van der Waals surface area contributed by atoms with Crippen molar-refractivity contribution in [3.05, 3.63) is 58.9 Å². The van der Waals surface area contributed by atoms with Crippen LogP contribution in [-0.4, -0.2) is 33.0 Å². The van der Waals surface area contributed by atoms with Gasteiger partial charge in [0.2, 0.25) is 5.91 Å². The number of carbonyl (C=O) groups is 1. The standard InChI is InChI=1S/C24H30N4O3S/c1-6-28-22(14-31-20-11-8-16(3)12-21(20)30-7-2)26-27-24(28)32-15-23(29)25-19-10-9-17(4)18(5)13-19/h8-13H,6-7,14-15H2,1-5H3,(H,25,29). The van der Waals surface area contributed by atoms with Crippen molar-refractivity contribution in [3.63, 3.8) is 0 Å². The van der Waals surface area contributed by atoms with Gasteiger partial charge >= 0.3 is 0 Å². The first kappa shape index (κ1) is 23.7. The summed E-state index contributed by atoms with van der Waals surface area (Å²) in [7, 11) is 0. The van der Waals surface area contributed by atoms with Gasteiger partial charge in [0, 0.05) is 12.2 Å². The van der Waals surface area contributed by atoms with Crippen LogP contribution in [0.3, 0.4) is 0 Å². The quantitative estimate of drug-likeness (QED) is 0.438. The molecule has 8 heteroatoms. The number of carbonyl (C=O) groups excluding carboxylic acids is 1. The van der Waals surface area contributed by atoms with Crippen molar-refractivity contribution in [3.8, 4) is 11.5 Å². The second-order valence-corrected chi connectivity index (χ2v) is 8.39. The van der Waals surface area contributed by atoms with Crippen molar-refractivity contribution in [2.45, 2.75) is 52.9 Å². The van der Waals surface area contributed by atoms with Crippen LogP contribution in [0.2, 0.25) is 0 Å². The third-order valence-electron chi connectivity index (χ3n) is 4.99. The molecule has 0 bridgehead atoms. The van der Waals surface area contributed by atoms with Gasteiger partial charge in [-0.2, -0.15) is 0 Å². The van der Waals surface area contributed by atoms with Crippen LogP contribution in [0.4, 0.5) is 5.69 Å². The number of aryl methyl sites for hydroxylation is 3. The highest BCUT2D eigenvalue weighted by Gasteiger charge is 2.15. The van der Waals surface area contributed by atoms with Crippen molar-refractivity contribution in [2.24, 2.45) is 0 Å². The zero-order chi connectivity index (χ0) is 23.1. The molecule has 0 saturated heterocycles. The molecule has 3 rings (SSSR count). The van der Waals surface area contributed by atoms with E-state index >= 15 is 0 Å². The molecule has 0 radical (unpaired) electrons. The molecule has 0 fully saturated rings. The van der Waals surface area contributed by atoms with Gasteiger partial charge in [-0.25, -0.2) is 0 Å². The summed E-state index contributed by atoms with van der Waals surface area (Å²) in [6, 6.07) is 11.7. The highest BCUT2D eigenvalue weighted by atomic mass is 32.2. The van der Waals surface area contributed by atoms with Gasteiger partial charge in [-0.3, -0.25) is 4.79 Å². The highest BCUT2D eigenvalue weighted by molar-refractivity contribution is 7.99. The number of amides is 1. The molecule has 0 atom stereocenters. The minimum atomic E-state index is -0.0808. The van der Waals surface area contributed by atoms with Crippen LogP contribution in [0.15, 0.2) is 41.6 Å². The van der Waals surface area contributed by atoms with E-state index in [9.17, 15) is 4.79 Å². The molecule has 3 aromatic rings. The number of benzene rings is 2. The van der Waals surface area contributed by atoms with Crippen LogP contribution < -0.4 is 14.8 Å². The Labute approximate surface area is 193 Å². The third kappa shape index (κ3) is 6.03. The molecule has 0 aliphatic rings. The number of rotatable bonds is 10. The second kappa shape index (κ2) is 11.0. The van der Waals surface area contributed by atoms with E-state index in [1.807, 2.05) is 75.6 Å². The van der Waals surface area contributed by atoms with Crippen LogP contribution in [0.1, 0.15) is 36.4 Å². The fourth-order valence-corrected chi connectivity index (χ4v) is 3.96. The third-order valence-corrected chi connectivity index (χ3v) is 5.96. The predicted molar refractivity (Wildman–Crippen MR) is 128 cm³/mol. The number of aromatic nitrogens is 3. The number of nitrogens with zero attached hydrogens (tertiary/aromatic N) is 3. The fraction of sp³-hybridized carbons (Fsp3) is 0.375. The normalized spacial score (nSPS) is 10.8. The minimum Gasteiger partial charge on any atom is -0.490 e.